The standard InChI is InChI=1S/C17H27NO3/c1-13(12-19)5-3-8-18-14(2)15-6-7-16-17(11-15)21-10-4-9-20-16/h6-7,11,13-14,18-19H,3-5,8-10,12H2,1-2H3. The molecule has 2 N–H and O–H groups in total. The summed E-state index contributed by atoms with van der Waals surface area (Å²) < 4.78 is 11.4. The third-order valence-electron chi connectivity index (χ3n) is 3.91. The molecule has 1 aliphatic rings. The third kappa shape index (κ3) is 4.90. The first kappa shape index (κ1) is 16.1. The lowest BCUT2D eigenvalue weighted by Gasteiger charge is -2.17. The van der Waals surface area contributed by atoms with Crippen LogP contribution in [0.5, 0.6) is 11.5 Å². The molecule has 0 amide bonds. The third-order valence-corrected chi connectivity index (χ3v) is 3.91. The van der Waals surface area contributed by atoms with E-state index >= 15 is 0 Å². The summed E-state index contributed by atoms with van der Waals surface area (Å²) in [5.41, 5.74) is 1.22. The van der Waals surface area contributed by atoms with E-state index in [0.717, 1.165) is 50.5 Å². The Hall–Kier alpha value is -1.26. The minimum absolute atomic E-state index is 0.276. The summed E-state index contributed by atoms with van der Waals surface area (Å²) in [5, 5.41) is 12.5. The van der Waals surface area contributed by atoms with Crippen molar-refractivity contribution < 1.29 is 14.6 Å². The first-order valence-corrected chi connectivity index (χ1v) is 7.94. The van der Waals surface area contributed by atoms with Crippen LogP contribution in [0.2, 0.25) is 0 Å². The molecule has 21 heavy (non-hydrogen) atoms. The van der Waals surface area contributed by atoms with E-state index in [4.69, 9.17) is 14.6 Å². The van der Waals surface area contributed by atoms with Crippen LogP contribution in [0.4, 0.5) is 0 Å². The highest BCUT2D eigenvalue weighted by Crippen LogP contribution is 2.32. The molecule has 2 atom stereocenters. The molecule has 2 rings (SSSR count). The Balaban J connectivity index is 1.85. The number of fused-ring (bicyclic) bond motifs is 1. The van der Waals surface area contributed by atoms with Gasteiger partial charge in [-0.15, -0.1) is 0 Å². The van der Waals surface area contributed by atoms with Crippen molar-refractivity contribution in [1.29, 1.82) is 0 Å². The van der Waals surface area contributed by atoms with Crippen LogP contribution in [0.25, 0.3) is 0 Å². The van der Waals surface area contributed by atoms with E-state index in [1.807, 2.05) is 6.07 Å². The van der Waals surface area contributed by atoms with Crippen molar-refractivity contribution in [3.8, 4) is 11.5 Å². The molecule has 0 radical (unpaired) electrons. The highest BCUT2D eigenvalue weighted by atomic mass is 16.5. The number of hydrogen-bond acceptors (Lipinski definition) is 4. The molecule has 0 bridgehead atoms. The lowest BCUT2D eigenvalue weighted by molar-refractivity contribution is 0.227. The van der Waals surface area contributed by atoms with Gasteiger partial charge in [0.25, 0.3) is 0 Å². The van der Waals surface area contributed by atoms with Gasteiger partial charge in [-0.1, -0.05) is 13.0 Å². The van der Waals surface area contributed by atoms with Crippen LogP contribution >= 0.6 is 0 Å². The lowest BCUT2D eigenvalue weighted by atomic mass is 10.1. The van der Waals surface area contributed by atoms with E-state index in [2.05, 4.69) is 31.3 Å². The second kappa shape index (κ2) is 8.25. The van der Waals surface area contributed by atoms with Gasteiger partial charge in [0.2, 0.25) is 0 Å². The van der Waals surface area contributed by atoms with E-state index in [1.165, 1.54) is 5.56 Å². The van der Waals surface area contributed by atoms with Gasteiger partial charge in [0.05, 0.1) is 13.2 Å². The van der Waals surface area contributed by atoms with Gasteiger partial charge in [0.1, 0.15) is 0 Å². The molecular formula is C17H27NO3. The minimum Gasteiger partial charge on any atom is -0.490 e. The number of nitrogens with one attached hydrogen (secondary N) is 1. The zero-order chi connectivity index (χ0) is 15.1. The minimum atomic E-state index is 0.276. The molecular weight excluding hydrogens is 266 g/mol. The zero-order valence-electron chi connectivity index (χ0n) is 13.1. The number of aliphatic hydroxyl groups is 1. The quantitative estimate of drug-likeness (QED) is 0.759. The predicted octanol–water partition coefficient (Wildman–Crippen LogP) is 2.91. The average Bonchev–Trinajstić information content (AvgIpc) is 2.75. The molecule has 4 nitrogen and oxygen atoms in total. The van der Waals surface area contributed by atoms with E-state index in [-0.39, 0.29) is 12.6 Å². The fourth-order valence-electron chi connectivity index (χ4n) is 2.43. The maximum atomic E-state index is 9.01. The molecule has 2 unspecified atom stereocenters. The largest absolute Gasteiger partial charge is 0.490 e. The average molecular weight is 293 g/mol. The summed E-state index contributed by atoms with van der Waals surface area (Å²) in [7, 11) is 0. The molecule has 0 fully saturated rings. The van der Waals surface area contributed by atoms with Gasteiger partial charge >= 0.3 is 0 Å². The molecule has 1 aromatic rings. The molecule has 1 aliphatic heterocycles. The Labute approximate surface area is 127 Å². The van der Waals surface area contributed by atoms with Crippen molar-refractivity contribution in [2.24, 2.45) is 5.92 Å². The smallest absolute Gasteiger partial charge is 0.161 e. The number of aliphatic hydroxyl groups excluding tert-OH is 1. The van der Waals surface area contributed by atoms with Crippen molar-refractivity contribution in [2.75, 3.05) is 26.4 Å². The van der Waals surface area contributed by atoms with Gasteiger partial charge in [-0.3, -0.25) is 0 Å². The summed E-state index contributed by atoms with van der Waals surface area (Å²) in [6.45, 7) is 6.92. The Morgan fingerprint density at radius 3 is 2.71 bits per heavy atom. The van der Waals surface area contributed by atoms with Gasteiger partial charge in [0, 0.05) is 19.1 Å². The molecule has 4 heteroatoms. The van der Waals surface area contributed by atoms with Crippen LogP contribution < -0.4 is 14.8 Å². The predicted molar refractivity (Wildman–Crippen MR) is 84.0 cm³/mol. The SMILES string of the molecule is CC(CO)CCCNC(C)c1ccc2c(c1)OCCCO2. The monoisotopic (exact) mass is 293 g/mol. The van der Waals surface area contributed by atoms with Gasteiger partial charge in [-0.05, 0) is 49.9 Å². The Kier molecular flexibility index (Phi) is 6.33. The Morgan fingerprint density at radius 1 is 1.19 bits per heavy atom. The van der Waals surface area contributed by atoms with Crippen molar-refractivity contribution in [1.82, 2.24) is 5.32 Å². The van der Waals surface area contributed by atoms with E-state index in [9.17, 15) is 0 Å². The second-order valence-electron chi connectivity index (χ2n) is 5.86. The first-order chi connectivity index (χ1) is 10.2. The highest BCUT2D eigenvalue weighted by Gasteiger charge is 2.13. The van der Waals surface area contributed by atoms with Gasteiger partial charge in [-0.2, -0.15) is 0 Å². The molecule has 0 aliphatic carbocycles. The van der Waals surface area contributed by atoms with Crippen LogP contribution in [0.1, 0.15) is 44.7 Å². The van der Waals surface area contributed by atoms with Crippen molar-refractivity contribution >= 4 is 0 Å². The van der Waals surface area contributed by atoms with E-state index in [1.54, 1.807) is 0 Å². The van der Waals surface area contributed by atoms with Crippen LogP contribution in [-0.4, -0.2) is 31.5 Å². The van der Waals surface area contributed by atoms with E-state index in [0.29, 0.717) is 5.92 Å². The normalized spacial score (nSPS) is 17.1. The molecule has 0 saturated carbocycles. The molecule has 118 valence electrons. The van der Waals surface area contributed by atoms with Crippen LogP contribution in [0, 0.1) is 5.92 Å². The number of ether oxygens (including phenoxy) is 2. The fraction of sp³-hybridized carbons (Fsp3) is 0.647. The molecule has 1 aromatic carbocycles. The summed E-state index contributed by atoms with van der Waals surface area (Å²) in [6.07, 6.45) is 3.06. The van der Waals surface area contributed by atoms with Gasteiger partial charge in [0.15, 0.2) is 11.5 Å². The summed E-state index contributed by atoms with van der Waals surface area (Å²) in [6, 6.07) is 6.46. The van der Waals surface area contributed by atoms with Crippen LogP contribution in [-0.2, 0) is 0 Å². The zero-order valence-corrected chi connectivity index (χ0v) is 13.1. The van der Waals surface area contributed by atoms with E-state index < -0.39 is 0 Å². The fourth-order valence-corrected chi connectivity index (χ4v) is 2.43. The van der Waals surface area contributed by atoms with Crippen molar-refractivity contribution in [3.05, 3.63) is 23.8 Å². The molecule has 0 spiro atoms. The Morgan fingerprint density at radius 2 is 1.95 bits per heavy atom. The lowest BCUT2D eigenvalue weighted by Crippen LogP contribution is -2.20. The highest BCUT2D eigenvalue weighted by molar-refractivity contribution is 5.44. The maximum Gasteiger partial charge on any atom is 0.161 e. The van der Waals surface area contributed by atoms with Crippen LogP contribution in [0.15, 0.2) is 18.2 Å². The van der Waals surface area contributed by atoms with Crippen molar-refractivity contribution in [2.45, 2.75) is 39.2 Å². The van der Waals surface area contributed by atoms with Crippen molar-refractivity contribution in [3.63, 3.8) is 0 Å². The van der Waals surface area contributed by atoms with Gasteiger partial charge < -0.3 is 19.9 Å². The van der Waals surface area contributed by atoms with Gasteiger partial charge in [-0.25, -0.2) is 0 Å². The topological polar surface area (TPSA) is 50.7 Å². The number of rotatable bonds is 7. The molecule has 0 aromatic heterocycles. The van der Waals surface area contributed by atoms with Crippen LogP contribution in [0.3, 0.4) is 0 Å². The summed E-state index contributed by atoms with van der Waals surface area (Å²) in [4.78, 5) is 0. The molecule has 1 heterocycles. The second-order valence-corrected chi connectivity index (χ2v) is 5.86. The number of hydrogen-bond donors (Lipinski definition) is 2. The first-order valence-electron chi connectivity index (χ1n) is 7.94. The number of benzene rings is 1. The summed E-state index contributed by atoms with van der Waals surface area (Å²) in [5.74, 6) is 2.09. The maximum absolute atomic E-state index is 9.01. The Bertz CT molecular complexity index is 436. The molecule has 0 saturated heterocycles. The summed E-state index contributed by atoms with van der Waals surface area (Å²) >= 11 is 0.